The van der Waals surface area contributed by atoms with Gasteiger partial charge in [0.15, 0.2) is 0 Å². The highest BCUT2D eigenvalue weighted by Gasteiger charge is 2.29. The quantitative estimate of drug-likeness (QED) is 0.837. The van der Waals surface area contributed by atoms with Crippen molar-refractivity contribution in [2.24, 2.45) is 0 Å². The third-order valence-corrected chi connectivity index (χ3v) is 3.47. The van der Waals surface area contributed by atoms with Crippen molar-refractivity contribution in [3.05, 3.63) is 28.5 Å². The fourth-order valence-electron chi connectivity index (χ4n) is 1.99. The normalized spacial score (nSPS) is 20.1. The summed E-state index contributed by atoms with van der Waals surface area (Å²) in [6, 6.07) is 3.44. The number of aliphatic hydroxyl groups excluding tert-OH is 1. The van der Waals surface area contributed by atoms with E-state index in [1.807, 2.05) is 0 Å². The molecule has 0 spiro atoms. The Labute approximate surface area is 102 Å². The zero-order valence-corrected chi connectivity index (χ0v) is 10.4. The minimum absolute atomic E-state index is 0.0314. The summed E-state index contributed by atoms with van der Waals surface area (Å²) in [6.45, 7) is 0.745. The van der Waals surface area contributed by atoms with Gasteiger partial charge in [-0.1, -0.05) is 0 Å². The van der Waals surface area contributed by atoms with Crippen LogP contribution in [0.4, 0.5) is 0 Å². The van der Waals surface area contributed by atoms with Crippen LogP contribution < -0.4 is 0 Å². The summed E-state index contributed by atoms with van der Waals surface area (Å²) in [4.78, 5) is 17.9. The first kappa shape index (κ1) is 11.5. The molecule has 0 bridgehead atoms. The van der Waals surface area contributed by atoms with Crippen LogP contribution in [0.25, 0.3) is 0 Å². The van der Waals surface area contributed by atoms with Crippen molar-refractivity contribution in [2.75, 3.05) is 13.2 Å². The van der Waals surface area contributed by atoms with Crippen LogP contribution in [0, 0.1) is 0 Å². The molecule has 1 aliphatic heterocycles. The van der Waals surface area contributed by atoms with Crippen molar-refractivity contribution in [1.82, 2.24) is 9.88 Å². The molecule has 1 amide bonds. The van der Waals surface area contributed by atoms with Crippen LogP contribution in [0.3, 0.4) is 0 Å². The van der Waals surface area contributed by atoms with Gasteiger partial charge in [-0.15, -0.1) is 0 Å². The highest BCUT2D eigenvalue weighted by atomic mass is 79.9. The van der Waals surface area contributed by atoms with Gasteiger partial charge in [-0.25, -0.2) is 4.98 Å². The Morgan fingerprint density at radius 3 is 3.19 bits per heavy atom. The van der Waals surface area contributed by atoms with Crippen molar-refractivity contribution in [3.63, 3.8) is 0 Å². The van der Waals surface area contributed by atoms with Gasteiger partial charge in [0.1, 0.15) is 4.60 Å². The van der Waals surface area contributed by atoms with E-state index in [4.69, 9.17) is 0 Å². The number of amides is 1. The van der Waals surface area contributed by atoms with Crippen LogP contribution in [-0.2, 0) is 0 Å². The van der Waals surface area contributed by atoms with Crippen LogP contribution in [0.15, 0.2) is 22.9 Å². The SMILES string of the molecule is O=C(c1cccnc1Br)N1CCC[C@@H]1CO. The molecule has 4 nitrogen and oxygen atoms in total. The number of rotatable bonds is 2. The van der Waals surface area contributed by atoms with Crippen LogP contribution in [0.1, 0.15) is 23.2 Å². The lowest BCUT2D eigenvalue weighted by atomic mass is 10.2. The average molecular weight is 285 g/mol. The van der Waals surface area contributed by atoms with Crippen molar-refractivity contribution in [3.8, 4) is 0 Å². The molecule has 1 aromatic rings. The lowest BCUT2D eigenvalue weighted by Crippen LogP contribution is -2.37. The smallest absolute Gasteiger partial charge is 0.256 e. The summed E-state index contributed by atoms with van der Waals surface area (Å²) in [6.07, 6.45) is 3.46. The molecule has 16 heavy (non-hydrogen) atoms. The zero-order chi connectivity index (χ0) is 11.5. The topological polar surface area (TPSA) is 53.4 Å². The minimum Gasteiger partial charge on any atom is -0.394 e. The highest BCUT2D eigenvalue weighted by molar-refractivity contribution is 9.10. The van der Waals surface area contributed by atoms with E-state index in [-0.39, 0.29) is 18.6 Å². The summed E-state index contributed by atoms with van der Waals surface area (Å²) in [5, 5.41) is 9.18. The molecule has 2 rings (SSSR count). The molecule has 2 heterocycles. The van der Waals surface area contributed by atoms with Gasteiger partial charge in [-0.05, 0) is 40.9 Å². The Kier molecular flexibility index (Phi) is 3.56. The summed E-state index contributed by atoms with van der Waals surface area (Å²) >= 11 is 3.26. The first-order valence-corrected chi connectivity index (χ1v) is 6.05. The van der Waals surface area contributed by atoms with Crippen LogP contribution in [0.2, 0.25) is 0 Å². The molecule has 5 heteroatoms. The number of nitrogens with zero attached hydrogens (tertiary/aromatic N) is 2. The Morgan fingerprint density at radius 1 is 1.69 bits per heavy atom. The molecule has 1 saturated heterocycles. The first-order valence-electron chi connectivity index (χ1n) is 5.26. The lowest BCUT2D eigenvalue weighted by molar-refractivity contribution is 0.0676. The van der Waals surface area contributed by atoms with Crippen molar-refractivity contribution >= 4 is 21.8 Å². The van der Waals surface area contributed by atoms with Gasteiger partial charge in [-0.3, -0.25) is 4.79 Å². The molecule has 0 saturated carbocycles. The fourth-order valence-corrected chi connectivity index (χ4v) is 2.41. The molecular formula is C11H13BrN2O2. The lowest BCUT2D eigenvalue weighted by Gasteiger charge is -2.23. The maximum absolute atomic E-state index is 12.2. The molecule has 86 valence electrons. The molecule has 1 atom stereocenters. The molecule has 1 N–H and O–H groups in total. The van der Waals surface area contributed by atoms with Crippen molar-refractivity contribution < 1.29 is 9.90 Å². The molecule has 0 aliphatic carbocycles. The second kappa shape index (κ2) is 4.93. The van der Waals surface area contributed by atoms with E-state index >= 15 is 0 Å². The monoisotopic (exact) mass is 284 g/mol. The maximum atomic E-state index is 12.2. The third kappa shape index (κ3) is 2.10. The number of carbonyl (C=O) groups excluding carboxylic acids is 1. The number of hydrogen-bond acceptors (Lipinski definition) is 3. The summed E-state index contributed by atoms with van der Waals surface area (Å²) in [5.41, 5.74) is 0.558. The number of halogens is 1. The standard InChI is InChI=1S/C11H13BrN2O2/c12-10-9(4-1-5-13-10)11(16)14-6-2-3-8(14)7-15/h1,4-5,8,15H,2-3,6-7H2/t8-/m1/s1. The number of hydrogen-bond donors (Lipinski definition) is 1. The van der Waals surface area contributed by atoms with E-state index in [9.17, 15) is 9.90 Å². The summed E-state index contributed by atoms with van der Waals surface area (Å²) in [5.74, 6) is -0.0588. The largest absolute Gasteiger partial charge is 0.394 e. The van der Waals surface area contributed by atoms with Crippen molar-refractivity contribution in [2.45, 2.75) is 18.9 Å². The van der Waals surface area contributed by atoms with Gasteiger partial charge in [0.25, 0.3) is 5.91 Å². The van der Waals surface area contributed by atoms with Gasteiger partial charge in [0, 0.05) is 12.7 Å². The van der Waals surface area contributed by atoms with Gasteiger partial charge in [-0.2, -0.15) is 0 Å². The molecule has 1 aromatic heterocycles. The minimum atomic E-state index is -0.0588. The maximum Gasteiger partial charge on any atom is 0.256 e. The molecule has 0 aromatic carbocycles. The number of carbonyl (C=O) groups is 1. The number of pyridine rings is 1. The van der Waals surface area contributed by atoms with E-state index in [0.717, 1.165) is 12.8 Å². The number of aliphatic hydroxyl groups is 1. The van der Waals surface area contributed by atoms with Gasteiger partial charge >= 0.3 is 0 Å². The molecule has 1 aliphatic rings. The summed E-state index contributed by atoms with van der Waals surface area (Å²) < 4.78 is 0.559. The number of likely N-dealkylation sites (tertiary alicyclic amines) is 1. The second-order valence-electron chi connectivity index (χ2n) is 3.82. The Balaban J connectivity index is 2.22. The average Bonchev–Trinajstić information content (AvgIpc) is 2.77. The van der Waals surface area contributed by atoms with Crippen LogP contribution >= 0.6 is 15.9 Å². The van der Waals surface area contributed by atoms with Gasteiger partial charge in [0.2, 0.25) is 0 Å². The Hall–Kier alpha value is -0.940. The molecular weight excluding hydrogens is 272 g/mol. The zero-order valence-electron chi connectivity index (χ0n) is 8.77. The Bertz CT molecular complexity index is 397. The van der Waals surface area contributed by atoms with E-state index in [0.29, 0.717) is 16.7 Å². The predicted octanol–water partition coefficient (Wildman–Crippen LogP) is 1.44. The van der Waals surface area contributed by atoms with Crippen LogP contribution in [-0.4, -0.2) is 40.1 Å². The highest BCUT2D eigenvalue weighted by Crippen LogP contribution is 2.22. The van der Waals surface area contributed by atoms with E-state index < -0.39 is 0 Å². The molecule has 0 radical (unpaired) electrons. The molecule has 1 fully saturated rings. The van der Waals surface area contributed by atoms with E-state index in [1.165, 1.54) is 0 Å². The van der Waals surface area contributed by atoms with E-state index in [2.05, 4.69) is 20.9 Å². The van der Waals surface area contributed by atoms with E-state index in [1.54, 1.807) is 23.2 Å². The second-order valence-corrected chi connectivity index (χ2v) is 4.57. The third-order valence-electron chi connectivity index (χ3n) is 2.84. The molecule has 0 unspecified atom stereocenters. The van der Waals surface area contributed by atoms with Crippen molar-refractivity contribution in [1.29, 1.82) is 0 Å². The van der Waals surface area contributed by atoms with Gasteiger partial charge < -0.3 is 10.0 Å². The Morgan fingerprint density at radius 2 is 2.50 bits per heavy atom. The summed E-state index contributed by atoms with van der Waals surface area (Å²) in [7, 11) is 0. The van der Waals surface area contributed by atoms with Gasteiger partial charge in [0.05, 0.1) is 18.2 Å². The number of aromatic nitrogens is 1. The predicted molar refractivity (Wildman–Crippen MR) is 63.1 cm³/mol. The fraction of sp³-hybridized carbons (Fsp3) is 0.455. The van der Waals surface area contributed by atoms with Crippen LogP contribution in [0.5, 0.6) is 0 Å². The first-order chi connectivity index (χ1) is 7.74.